The molecule has 1 saturated carbocycles. The first-order valence-corrected chi connectivity index (χ1v) is 10.0. The summed E-state index contributed by atoms with van der Waals surface area (Å²) in [5, 5.41) is 6.89. The average molecular weight is 380 g/mol. The van der Waals surface area contributed by atoms with Crippen molar-refractivity contribution in [3.05, 3.63) is 28.8 Å². The number of nitrogens with one attached hydrogen (secondary N) is 2. The molecule has 5 heteroatoms. The van der Waals surface area contributed by atoms with Crippen LogP contribution < -0.4 is 10.6 Å². The molecule has 26 heavy (non-hydrogen) atoms. The van der Waals surface area contributed by atoms with E-state index in [4.69, 9.17) is 11.6 Å². The van der Waals surface area contributed by atoms with Crippen molar-refractivity contribution in [2.45, 2.75) is 64.5 Å². The van der Waals surface area contributed by atoms with Crippen LogP contribution >= 0.6 is 11.6 Å². The summed E-state index contributed by atoms with van der Waals surface area (Å²) in [6, 6.07) is 5.95. The Hall–Kier alpha value is -1.26. The lowest BCUT2D eigenvalue weighted by molar-refractivity contribution is -0.129. The maximum absolute atomic E-state index is 12.5. The third kappa shape index (κ3) is 4.01. The molecule has 0 aromatic heterocycles. The lowest BCUT2D eigenvalue weighted by Crippen LogP contribution is -2.56. The van der Waals surface area contributed by atoms with E-state index in [1.807, 2.05) is 19.2 Å². The number of likely N-dealkylation sites (N-methyl/N-ethyl adjacent to an activating group) is 2. The molecule has 1 fully saturated rings. The van der Waals surface area contributed by atoms with E-state index < -0.39 is 0 Å². The normalized spacial score (nSPS) is 19.8. The predicted molar refractivity (Wildman–Crippen MR) is 111 cm³/mol. The van der Waals surface area contributed by atoms with Crippen LogP contribution in [0.3, 0.4) is 0 Å². The molecule has 1 aromatic rings. The number of carbonyl (C=O) groups is 1. The Morgan fingerprint density at radius 3 is 2.35 bits per heavy atom. The molecule has 0 heterocycles. The number of amides is 1. The molecule has 1 aliphatic rings. The molecule has 0 spiro atoms. The van der Waals surface area contributed by atoms with Gasteiger partial charge in [0.05, 0.1) is 6.04 Å². The lowest BCUT2D eigenvalue weighted by Gasteiger charge is -2.51. The van der Waals surface area contributed by atoms with Gasteiger partial charge in [-0.15, -0.1) is 0 Å². The van der Waals surface area contributed by atoms with Crippen LogP contribution in [0.1, 0.15) is 58.4 Å². The highest BCUT2D eigenvalue weighted by molar-refractivity contribution is 6.30. The van der Waals surface area contributed by atoms with E-state index in [9.17, 15) is 4.79 Å². The maximum Gasteiger partial charge on any atom is 0.237 e. The Balaban J connectivity index is 2.55. The summed E-state index contributed by atoms with van der Waals surface area (Å²) < 4.78 is 0. The van der Waals surface area contributed by atoms with Crippen molar-refractivity contribution >= 4 is 23.2 Å². The van der Waals surface area contributed by atoms with E-state index in [2.05, 4.69) is 49.4 Å². The molecule has 2 rings (SSSR count). The van der Waals surface area contributed by atoms with Crippen molar-refractivity contribution in [3.8, 4) is 0 Å². The molecule has 0 aliphatic heterocycles. The number of nitrogens with zero attached hydrogens (tertiary/aromatic N) is 1. The molecule has 1 unspecified atom stereocenters. The Morgan fingerprint density at radius 1 is 1.23 bits per heavy atom. The average Bonchev–Trinajstić information content (AvgIpc) is 2.62. The minimum Gasteiger partial charge on any atom is -0.388 e. The molecule has 1 atom stereocenters. The van der Waals surface area contributed by atoms with Crippen LogP contribution in [0, 0.1) is 5.41 Å². The van der Waals surface area contributed by atoms with E-state index in [0.717, 1.165) is 42.8 Å². The molecule has 1 amide bonds. The van der Waals surface area contributed by atoms with Gasteiger partial charge in [-0.3, -0.25) is 9.69 Å². The highest BCUT2D eigenvalue weighted by Crippen LogP contribution is 2.50. The summed E-state index contributed by atoms with van der Waals surface area (Å²) >= 11 is 6.25. The molecule has 146 valence electrons. The van der Waals surface area contributed by atoms with Crippen LogP contribution in [0.5, 0.6) is 0 Å². The van der Waals surface area contributed by atoms with Gasteiger partial charge in [0.15, 0.2) is 0 Å². The maximum atomic E-state index is 12.5. The number of halogens is 1. The molecular weight excluding hydrogens is 346 g/mol. The fraction of sp³-hybridized carbons (Fsp3) is 0.667. The summed E-state index contributed by atoms with van der Waals surface area (Å²) in [7, 11) is 5.76. The monoisotopic (exact) mass is 379 g/mol. The second-order valence-corrected chi connectivity index (χ2v) is 8.72. The van der Waals surface area contributed by atoms with Crippen LogP contribution in [0.25, 0.3) is 0 Å². The zero-order valence-electron chi connectivity index (χ0n) is 17.1. The second kappa shape index (κ2) is 8.18. The van der Waals surface area contributed by atoms with E-state index in [-0.39, 0.29) is 17.5 Å². The van der Waals surface area contributed by atoms with Gasteiger partial charge >= 0.3 is 0 Å². The number of benzene rings is 1. The Bertz CT molecular complexity index is 634. The van der Waals surface area contributed by atoms with E-state index in [1.54, 1.807) is 7.05 Å². The summed E-state index contributed by atoms with van der Waals surface area (Å²) in [6.07, 6.45) is 5.10. The van der Waals surface area contributed by atoms with E-state index in [1.165, 1.54) is 5.56 Å². The quantitative estimate of drug-likeness (QED) is 0.757. The van der Waals surface area contributed by atoms with Crippen LogP contribution in [0.2, 0.25) is 5.02 Å². The number of rotatable bonds is 6. The number of hydrogen-bond donors (Lipinski definition) is 2. The van der Waals surface area contributed by atoms with Gasteiger partial charge in [0, 0.05) is 30.3 Å². The van der Waals surface area contributed by atoms with Crippen molar-refractivity contribution in [2.75, 3.05) is 26.5 Å². The SMILES string of the molecule is CCC(C(=O)NC)N(C)C1(c2ccc(Cl)cc2NC)CCC(C)(C)CC1. The van der Waals surface area contributed by atoms with Crippen molar-refractivity contribution in [1.29, 1.82) is 0 Å². The minimum atomic E-state index is -0.175. The van der Waals surface area contributed by atoms with Gasteiger partial charge in [-0.25, -0.2) is 0 Å². The van der Waals surface area contributed by atoms with Gasteiger partial charge in [-0.2, -0.15) is 0 Å². The van der Waals surface area contributed by atoms with Crippen LogP contribution in [0.15, 0.2) is 18.2 Å². The molecule has 0 bridgehead atoms. The first kappa shape index (κ1) is 21.0. The molecule has 0 radical (unpaired) electrons. The number of carbonyl (C=O) groups excluding carboxylic acids is 1. The van der Waals surface area contributed by atoms with E-state index >= 15 is 0 Å². The molecule has 2 N–H and O–H groups in total. The van der Waals surface area contributed by atoms with Crippen molar-refractivity contribution in [3.63, 3.8) is 0 Å². The molecule has 0 saturated heterocycles. The zero-order valence-corrected chi connectivity index (χ0v) is 17.8. The second-order valence-electron chi connectivity index (χ2n) is 8.28. The Morgan fingerprint density at radius 2 is 1.85 bits per heavy atom. The summed E-state index contributed by atoms with van der Waals surface area (Å²) in [5.74, 6) is 0.0826. The first-order valence-electron chi connectivity index (χ1n) is 9.63. The third-order valence-electron chi connectivity index (χ3n) is 6.26. The van der Waals surface area contributed by atoms with Crippen LogP contribution in [-0.2, 0) is 10.3 Å². The standard InChI is InChI=1S/C21H34ClN3O/c1-7-18(19(26)24-5)25(6)21(12-10-20(2,3)11-13-21)16-9-8-15(22)14-17(16)23-4/h8-9,14,18,23H,7,10-13H2,1-6H3,(H,24,26). The van der Waals surface area contributed by atoms with Crippen LogP contribution in [-0.4, -0.2) is 38.0 Å². The van der Waals surface area contributed by atoms with E-state index in [0.29, 0.717) is 5.41 Å². The fourth-order valence-corrected chi connectivity index (χ4v) is 4.55. The highest BCUT2D eigenvalue weighted by Gasteiger charge is 2.46. The number of anilines is 1. The van der Waals surface area contributed by atoms with Gasteiger partial charge in [0.2, 0.25) is 5.91 Å². The number of hydrogen-bond acceptors (Lipinski definition) is 3. The van der Waals surface area contributed by atoms with Gasteiger partial charge in [-0.1, -0.05) is 38.4 Å². The highest BCUT2D eigenvalue weighted by atomic mass is 35.5. The summed E-state index contributed by atoms with van der Waals surface area (Å²) in [5.41, 5.74) is 2.46. The van der Waals surface area contributed by atoms with Gasteiger partial charge in [0.25, 0.3) is 0 Å². The van der Waals surface area contributed by atoms with Gasteiger partial charge in [-0.05, 0) is 62.3 Å². The largest absolute Gasteiger partial charge is 0.388 e. The molecule has 4 nitrogen and oxygen atoms in total. The van der Waals surface area contributed by atoms with Crippen molar-refractivity contribution in [2.24, 2.45) is 5.41 Å². The minimum absolute atomic E-state index is 0.0826. The summed E-state index contributed by atoms with van der Waals surface area (Å²) in [6.45, 7) is 6.76. The van der Waals surface area contributed by atoms with Gasteiger partial charge in [0.1, 0.15) is 0 Å². The fourth-order valence-electron chi connectivity index (χ4n) is 4.38. The zero-order chi connectivity index (χ0) is 19.5. The van der Waals surface area contributed by atoms with Gasteiger partial charge < -0.3 is 10.6 Å². The smallest absolute Gasteiger partial charge is 0.237 e. The lowest BCUT2D eigenvalue weighted by atomic mass is 9.65. The topological polar surface area (TPSA) is 44.4 Å². The predicted octanol–water partition coefficient (Wildman–Crippen LogP) is 4.63. The Labute approximate surface area is 163 Å². The van der Waals surface area contributed by atoms with Crippen LogP contribution in [0.4, 0.5) is 5.69 Å². The molecule has 1 aliphatic carbocycles. The first-order chi connectivity index (χ1) is 12.2. The molecular formula is C21H34ClN3O. The molecule has 1 aromatic carbocycles. The summed E-state index contributed by atoms with van der Waals surface area (Å²) in [4.78, 5) is 14.9. The van der Waals surface area contributed by atoms with Crippen molar-refractivity contribution < 1.29 is 4.79 Å². The Kier molecular flexibility index (Phi) is 6.62. The third-order valence-corrected chi connectivity index (χ3v) is 6.50. The van der Waals surface area contributed by atoms with Crippen molar-refractivity contribution in [1.82, 2.24) is 10.2 Å².